The molecule has 0 N–H and O–H groups in total. The van der Waals surface area contributed by atoms with Gasteiger partial charge < -0.3 is 0 Å². The van der Waals surface area contributed by atoms with Crippen LogP contribution in [0.15, 0.2) is 24.3 Å². The van der Waals surface area contributed by atoms with Gasteiger partial charge in [-0.2, -0.15) is 21.6 Å². The standard InChI is InChI=1S/C8H7F3N2O4S/c1-12(18(16,17)8(9,10)11)6-2-4-7(5-3-6)13(14)15/h2-5H,1H3. The maximum Gasteiger partial charge on any atom is 0.516 e. The van der Waals surface area contributed by atoms with E-state index in [2.05, 4.69) is 0 Å². The van der Waals surface area contributed by atoms with E-state index in [0.29, 0.717) is 7.05 Å². The maximum absolute atomic E-state index is 12.2. The average Bonchev–Trinajstić information content (AvgIpc) is 2.26. The molecule has 0 aliphatic carbocycles. The van der Waals surface area contributed by atoms with Crippen LogP contribution >= 0.6 is 0 Å². The van der Waals surface area contributed by atoms with Gasteiger partial charge in [-0.3, -0.25) is 14.4 Å². The number of nitrogens with zero attached hydrogens (tertiary/aromatic N) is 2. The van der Waals surface area contributed by atoms with E-state index in [1.54, 1.807) is 0 Å². The second-order valence-electron chi connectivity index (χ2n) is 3.19. The monoisotopic (exact) mass is 284 g/mol. The van der Waals surface area contributed by atoms with Gasteiger partial charge in [0.05, 0.1) is 10.6 Å². The highest BCUT2D eigenvalue weighted by Crippen LogP contribution is 2.30. The number of rotatable bonds is 3. The van der Waals surface area contributed by atoms with E-state index in [9.17, 15) is 31.7 Å². The Morgan fingerprint density at radius 3 is 2.00 bits per heavy atom. The van der Waals surface area contributed by atoms with Gasteiger partial charge in [-0.25, -0.2) is 0 Å². The molecule has 0 aliphatic heterocycles. The second-order valence-corrected chi connectivity index (χ2v) is 5.15. The van der Waals surface area contributed by atoms with Gasteiger partial charge in [0.2, 0.25) is 0 Å². The molecule has 100 valence electrons. The van der Waals surface area contributed by atoms with E-state index in [1.807, 2.05) is 0 Å². The molecule has 0 fully saturated rings. The summed E-state index contributed by atoms with van der Waals surface area (Å²) in [5, 5.41) is 10.3. The van der Waals surface area contributed by atoms with Crippen molar-refractivity contribution in [2.75, 3.05) is 11.4 Å². The molecule has 0 radical (unpaired) electrons. The number of non-ortho nitro benzene ring substituents is 1. The summed E-state index contributed by atoms with van der Waals surface area (Å²) in [6, 6.07) is 3.66. The Balaban J connectivity index is 3.13. The molecular formula is C8H7F3N2O4S. The fourth-order valence-electron chi connectivity index (χ4n) is 1.08. The molecule has 0 aromatic heterocycles. The van der Waals surface area contributed by atoms with Crippen LogP contribution in [0.5, 0.6) is 0 Å². The summed E-state index contributed by atoms with van der Waals surface area (Å²) in [6.07, 6.45) is 0. The first-order valence-electron chi connectivity index (χ1n) is 4.37. The predicted molar refractivity (Wildman–Crippen MR) is 56.5 cm³/mol. The number of benzene rings is 1. The van der Waals surface area contributed by atoms with Crippen LogP contribution in [-0.4, -0.2) is 25.9 Å². The summed E-state index contributed by atoms with van der Waals surface area (Å²) >= 11 is 0. The van der Waals surface area contributed by atoms with Crippen LogP contribution < -0.4 is 4.31 Å². The number of halogens is 3. The van der Waals surface area contributed by atoms with Crippen molar-refractivity contribution >= 4 is 21.4 Å². The molecule has 18 heavy (non-hydrogen) atoms. The molecule has 0 spiro atoms. The molecular weight excluding hydrogens is 277 g/mol. The van der Waals surface area contributed by atoms with Crippen molar-refractivity contribution < 1.29 is 26.5 Å². The summed E-state index contributed by atoms with van der Waals surface area (Å²) in [5.74, 6) is 0. The smallest absolute Gasteiger partial charge is 0.266 e. The fourth-order valence-corrected chi connectivity index (χ4v) is 1.79. The highest BCUT2D eigenvalue weighted by molar-refractivity contribution is 7.93. The lowest BCUT2D eigenvalue weighted by molar-refractivity contribution is -0.384. The SMILES string of the molecule is CN(c1ccc([N+](=O)[O-])cc1)S(=O)(=O)C(F)(F)F. The number of nitro groups is 1. The Kier molecular flexibility index (Phi) is 3.51. The van der Waals surface area contributed by atoms with Gasteiger partial charge in [0.25, 0.3) is 5.69 Å². The first-order chi connectivity index (χ1) is 8.07. The van der Waals surface area contributed by atoms with E-state index in [1.165, 1.54) is 0 Å². The van der Waals surface area contributed by atoms with Crippen LogP contribution in [0.2, 0.25) is 0 Å². The summed E-state index contributed by atoms with van der Waals surface area (Å²) in [7, 11) is -4.79. The van der Waals surface area contributed by atoms with Crippen LogP contribution in [-0.2, 0) is 10.0 Å². The lowest BCUT2D eigenvalue weighted by atomic mass is 10.3. The van der Waals surface area contributed by atoms with Gasteiger partial charge in [0.1, 0.15) is 0 Å². The van der Waals surface area contributed by atoms with E-state index >= 15 is 0 Å². The zero-order valence-electron chi connectivity index (χ0n) is 8.88. The first kappa shape index (κ1) is 14.2. The third kappa shape index (κ3) is 2.53. The first-order valence-corrected chi connectivity index (χ1v) is 5.81. The van der Waals surface area contributed by atoms with Crippen LogP contribution in [0.1, 0.15) is 0 Å². The molecule has 0 heterocycles. The number of sulfonamides is 1. The Morgan fingerprint density at radius 2 is 1.67 bits per heavy atom. The highest BCUT2D eigenvalue weighted by atomic mass is 32.2. The van der Waals surface area contributed by atoms with Crippen molar-refractivity contribution in [3.63, 3.8) is 0 Å². The molecule has 0 saturated heterocycles. The van der Waals surface area contributed by atoms with Gasteiger partial charge >= 0.3 is 15.5 Å². The number of alkyl halides is 3. The Hall–Kier alpha value is -1.84. The average molecular weight is 284 g/mol. The van der Waals surface area contributed by atoms with Gasteiger partial charge in [0.15, 0.2) is 0 Å². The quantitative estimate of drug-likeness (QED) is 0.627. The molecule has 10 heteroatoms. The van der Waals surface area contributed by atoms with Crippen molar-refractivity contribution in [3.8, 4) is 0 Å². The largest absolute Gasteiger partial charge is 0.516 e. The molecule has 0 amide bonds. The molecule has 0 unspecified atom stereocenters. The number of hydrogen-bond acceptors (Lipinski definition) is 4. The lowest BCUT2D eigenvalue weighted by Crippen LogP contribution is -2.38. The fraction of sp³-hybridized carbons (Fsp3) is 0.250. The van der Waals surface area contributed by atoms with Crippen LogP contribution in [0.4, 0.5) is 24.5 Å². The van der Waals surface area contributed by atoms with E-state index in [4.69, 9.17) is 0 Å². The zero-order chi connectivity index (χ0) is 14.1. The molecule has 6 nitrogen and oxygen atoms in total. The van der Waals surface area contributed by atoms with Gasteiger partial charge in [-0.05, 0) is 12.1 Å². The van der Waals surface area contributed by atoms with Crippen molar-refractivity contribution in [1.82, 2.24) is 0 Å². The van der Waals surface area contributed by atoms with E-state index in [0.717, 1.165) is 24.3 Å². The Labute approximate surface area is 99.8 Å². The van der Waals surface area contributed by atoms with E-state index in [-0.39, 0.29) is 15.7 Å². The summed E-state index contributed by atoms with van der Waals surface area (Å²) < 4.78 is 58.8. The van der Waals surface area contributed by atoms with Gasteiger partial charge in [-0.15, -0.1) is 0 Å². The molecule has 1 aromatic rings. The van der Waals surface area contributed by atoms with E-state index < -0.39 is 20.5 Å². The Morgan fingerprint density at radius 1 is 1.22 bits per heavy atom. The highest BCUT2D eigenvalue weighted by Gasteiger charge is 2.49. The van der Waals surface area contributed by atoms with Crippen molar-refractivity contribution in [2.24, 2.45) is 0 Å². The van der Waals surface area contributed by atoms with Crippen LogP contribution in [0, 0.1) is 10.1 Å². The maximum atomic E-state index is 12.2. The van der Waals surface area contributed by atoms with Crippen molar-refractivity contribution in [1.29, 1.82) is 0 Å². The summed E-state index contributed by atoms with van der Waals surface area (Å²) in [6.45, 7) is 0. The predicted octanol–water partition coefficient (Wildman–Crippen LogP) is 1.88. The third-order valence-corrected chi connectivity index (χ3v) is 3.59. The Bertz CT molecular complexity index is 553. The molecule has 0 saturated carbocycles. The molecule has 0 atom stereocenters. The van der Waals surface area contributed by atoms with Crippen LogP contribution in [0.25, 0.3) is 0 Å². The third-order valence-electron chi connectivity index (χ3n) is 2.08. The molecule has 0 aliphatic rings. The zero-order valence-corrected chi connectivity index (χ0v) is 9.70. The van der Waals surface area contributed by atoms with Crippen molar-refractivity contribution in [3.05, 3.63) is 34.4 Å². The summed E-state index contributed by atoms with van der Waals surface area (Å²) in [4.78, 5) is 9.58. The summed E-state index contributed by atoms with van der Waals surface area (Å²) in [5.41, 5.74) is -6.10. The minimum atomic E-state index is -5.50. The lowest BCUT2D eigenvalue weighted by Gasteiger charge is -2.20. The minimum absolute atomic E-state index is 0.0106. The van der Waals surface area contributed by atoms with Crippen molar-refractivity contribution in [2.45, 2.75) is 5.51 Å². The number of nitro benzene ring substituents is 1. The number of hydrogen-bond donors (Lipinski definition) is 0. The van der Waals surface area contributed by atoms with Gasteiger partial charge in [0, 0.05) is 19.2 Å². The normalized spacial score (nSPS) is 12.2. The van der Waals surface area contributed by atoms with Gasteiger partial charge in [-0.1, -0.05) is 0 Å². The number of anilines is 1. The molecule has 1 rings (SSSR count). The van der Waals surface area contributed by atoms with Crippen LogP contribution in [0.3, 0.4) is 0 Å². The molecule has 1 aromatic carbocycles. The molecule has 0 bridgehead atoms. The second kappa shape index (κ2) is 4.44. The topological polar surface area (TPSA) is 80.5 Å². The minimum Gasteiger partial charge on any atom is -0.266 e.